The molecule has 1 aliphatic heterocycles. The fraction of sp³-hybridized carbons (Fsp3) is 0.552. The van der Waals surface area contributed by atoms with Gasteiger partial charge in [0.05, 0.1) is 24.6 Å². The van der Waals surface area contributed by atoms with Gasteiger partial charge in [0.2, 0.25) is 5.78 Å². The lowest BCUT2D eigenvalue weighted by molar-refractivity contribution is -0.185. The minimum atomic E-state index is -4.26. The van der Waals surface area contributed by atoms with E-state index in [0.717, 1.165) is 0 Å². The highest BCUT2D eigenvalue weighted by atomic mass is 19.4. The maximum atomic E-state index is 13.9. The maximum Gasteiger partial charge on any atom is 0.391 e. The van der Waals surface area contributed by atoms with Gasteiger partial charge in [0.15, 0.2) is 11.4 Å². The SMILES string of the molecule is COc1c(CN2CCC(C(F)(F)F)CC2)cc(O)c2c1C[C@H]1C[C@H]3[C@H](N(C)C)C(O)=C(C(N)=O)C(=O)[C@@]3(O)C(O)=C1C2=O. The summed E-state index contributed by atoms with van der Waals surface area (Å²) in [4.78, 5) is 42.6. The number of hydrogen-bond donors (Lipinski definition) is 5. The van der Waals surface area contributed by atoms with E-state index in [-0.39, 0.29) is 62.2 Å². The van der Waals surface area contributed by atoms with Gasteiger partial charge in [-0.15, -0.1) is 0 Å². The van der Waals surface area contributed by atoms with Crippen LogP contribution < -0.4 is 10.5 Å². The molecule has 14 heteroatoms. The molecular weight excluding hydrogens is 575 g/mol. The molecule has 6 N–H and O–H groups in total. The summed E-state index contributed by atoms with van der Waals surface area (Å²) >= 11 is 0. The molecule has 5 rings (SSSR count). The van der Waals surface area contributed by atoms with Gasteiger partial charge in [0, 0.05) is 29.2 Å². The van der Waals surface area contributed by atoms with E-state index < -0.39 is 75.9 Å². The van der Waals surface area contributed by atoms with Gasteiger partial charge in [-0.05, 0) is 64.9 Å². The predicted octanol–water partition coefficient (Wildman–Crippen LogP) is 1.90. The van der Waals surface area contributed by atoms with Crippen molar-refractivity contribution < 1.29 is 52.7 Å². The Morgan fingerprint density at radius 2 is 1.81 bits per heavy atom. The Kier molecular flexibility index (Phi) is 7.55. The Bertz CT molecular complexity index is 1460. The molecule has 0 radical (unpaired) electrons. The topological polar surface area (TPSA) is 174 Å². The second-order valence-electron chi connectivity index (χ2n) is 12.0. The number of aliphatic hydroxyl groups excluding tert-OH is 2. The van der Waals surface area contributed by atoms with E-state index in [0.29, 0.717) is 11.1 Å². The number of rotatable bonds is 5. The number of amides is 1. The Morgan fingerprint density at radius 3 is 2.35 bits per heavy atom. The summed E-state index contributed by atoms with van der Waals surface area (Å²) in [5.41, 5.74) is 2.01. The molecule has 4 aliphatic rings. The van der Waals surface area contributed by atoms with Crippen molar-refractivity contribution in [2.24, 2.45) is 23.5 Å². The quantitative estimate of drug-likeness (QED) is 0.310. The maximum absolute atomic E-state index is 13.9. The van der Waals surface area contributed by atoms with Crippen LogP contribution in [0, 0.1) is 17.8 Å². The first kappa shape index (κ1) is 30.8. The summed E-state index contributed by atoms with van der Waals surface area (Å²) in [5.74, 6) is -8.63. The van der Waals surface area contributed by atoms with Crippen LogP contribution in [0.5, 0.6) is 11.5 Å². The molecular formula is C29H34F3N3O8. The second-order valence-corrected chi connectivity index (χ2v) is 12.0. The van der Waals surface area contributed by atoms with Gasteiger partial charge in [0.1, 0.15) is 28.6 Å². The number of hydrogen-bond acceptors (Lipinski definition) is 10. The highest BCUT2D eigenvalue weighted by Gasteiger charge is 2.63. The molecule has 1 amide bonds. The third kappa shape index (κ3) is 4.66. The standard InChI is InChI=1S/C29H34F3N3O8/c1-34(2)21-16-9-12-8-15-19(22(37)18(12)25(39)28(16,42)26(40)20(23(21)38)27(33)41)17(36)10-13(24(15)43-3)11-35-6-4-14(5-7-35)29(30,31)32/h10,12,14,16,21,36,38-39,42H,4-9,11H2,1-3H3,(H2,33,41)/t12-,16-,21-,28-/m0/s1. The lowest BCUT2D eigenvalue weighted by Gasteiger charge is -2.50. The molecule has 0 spiro atoms. The van der Waals surface area contributed by atoms with Crippen LogP contribution in [0.2, 0.25) is 0 Å². The van der Waals surface area contributed by atoms with Gasteiger partial charge in [-0.1, -0.05) is 0 Å². The summed E-state index contributed by atoms with van der Waals surface area (Å²) in [6, 6.07) is 0.176. The first-order chi connectivity index (χ1) is 20.0. The highest BCUT2D eigenvalue weighted by Crippen LogP contribution is 2.53. The summed E-state index contributed by atoms with van der Waals surface area (Å²) in [6.45, 7) is 0.519. The number of nitrogens with two attached hydrogens (primary N) is 1. The number of carbonyl (C=O) groups is 3. The number of aromatic hydroxyl groups is 1. The van der Waals surface area contributed by atoms with Gasteiger partial charge < -0.3 is 30.9 Å². The van der Waals surface area contributed by atoms with Gasteiger partial charge in [-0.3, -0.25) is 24.2 Å². The van der Waals surface area contributed by atoms with E-state index >= 15 is 0 Å². The number of allylic oxidation sites excluding steroid dienone is 1. The van der Waals surface area contributed by atoms with Crippen molar-refractivity contribution in [3.8, 4) is 11.5 Å². The summed E-state index contributed by atoms with van der Waals surface area (Å²) < 4.78 is 45.1. The number of nitrogens with zero attached hydrogens (tertiary/aromatic N) is 2. The summed E-state index contributed by atoms with van der Waals surface area (Å²) in [5, 5.41) is 45.0. The zero-order valence-electron chi connectivity index (χ0n) is 23.9. The van der Waals surface area contributed by atoms with Gasteiger partial charge in [0.25, 0.3) is 5.91 Å². The zero-order valence-corrected chi connectivity index (χ0v) is 23.9. The fourth-order valence-electron chi connectivity index (χ4n) is 7.39. The monoisotopic (exact) mass is 609 g/mol. The number of ketones is 2. The first-order valence-electron chi connectivity index (χ1n) is 13.9. The van der Waals surface area contributed by atoms with Crippen LogP contribution in [0.15, 0.2) is 28.7 Å². The van der Waals surface area contributed by atoms with Crippen LogP contribution in [0.25, 0.3) is 0 Å². The van der Waals surface area contributed by atoms with Gasteiger partial charge in [-0.25, -0.2) is 0 Å². The molecule has 1 saturated heterocycles. The average Bonchev–Trinajstić information content (AvgIpc) is 2.90. The van der Waals surface area contributed by atoms with Crippen LogP contribution in [0.4, 0.5) is 13.2 Å². The number of Topliss-reactive ketones (excluding diaryl/α,β-unsaturated/α-hetero) is 2. The van der Waals surface area contributed by atoms with Crippen LogP contribution in [-0.2, 0) is 22.6 Å². The van der Waals surface area contributed by atoms with Crippen molar-refractivity contribution in [1.29, 1.82) is 0 Å². The van der Waals surface area contributed by atoms with Crippen molar-refractivity contribution >= 4 is 17.5 Å². The minimum Gasteiger partial charge on any atom is -0.510 e. The van der Waals surface area contributed by atoms with E-state index in [1.165, 1.54) is 32.2 Å². The fourth-order valence-corrected chi connectivity index (χ4v) is 7.39. The number of aliphatic hydroxyl groups is 3. The number of benzene rings is 1. The molecule has 11 nitrogen and oxygen atoms in total. The zero-order chi connectivity index (χ0) is 31.8. The Hall–Kier alpha value is -3.62. The van der Waals surface area contributed by atoms with Crippen LogP contribution in [0.3, 0.4) is 0 Å². The minimum absolute atomic E-state index is 0.0370. The predicted molar refractivity (Wildman–Crippen MR) is 144 cm³/mol. The number of carbonyl (C=O) groups excluding carboxylic acids is 3. The molecule has 0 unspecified atom stereocenters. The lowest BCUT2D eigenvalue weighted by atomic mass is 9.58. The summed E-state index contributed by atoms with van der Waals surface area (Å²) in [6.07, 6.45) is -4.43. The van der Waals surface area contributed by atoms with E-state index in [2.05, 4.69) is 0 Å². The average molecular weight is 610 g/mol. The van der Waals surface area contributed by atoms with Crippen LogP contribution in [0.1, 0.15) is 40.7 Å². The number of likely N-dealkylation sites (N-methyl/N-ethyl adjacent to an activating group) is 1. The van der Waals surface area contributed by atoms with Crippen molar-refractivity contribution in [2.45, 2.75) is 50.0 Å². The normalized spacial score (nSPS) is 28.6. The van der Waals surface area contributed by atoms with E-state index in [1.54, 1.807) is 0 Å². The molecule has 1 aromatic carbocycles. The number of primary amides is 1. The number of piperidine rings is 1. The lowest BCUT2D eigenvalue weighted by Crippen LogP contribution is -2.63. The molecule has 0 saturated carbocycles. The van der Waals surface area contributed by atoms with Crippen molar-refractivity contribution in [2.75, 3.05) is 34.3 Å². The number of phenolic OH excluding ortho intramolecular Hbond substituents is 1. The van der Waals surface area contributed by atoms with Crippen LogP contribution >= 0.6 is 0 Å². The van der Waals surface area contributed by atoms with Crippen molar-refractivity contribution in [3.63, 3.8) is 0 Å². The van der Waals surface area contributed by atoms with Gasteiger partial charge in [-0.2, -0.15) is 13.2 Å². The highest BCUT2D eigenvalue weighted by molar-refractivity contribution is 6.24. The number of halogens is 3. The number of ether oxygens (including phenoxy) is 1. The Balaban J connectivity index is 1.55. The molecule has 1 heterocycles. The third-order valence-corrected chi connectivity index (χ3v) is 9.40. The number of likely N-dealkylation sites (tertiary alicyclic amines) is 1. The smallest absolute Gasteiger partial charge is 0.391 e. The Labute approximate surface area is 245 Å². The molecule has 4 atom stereocenters. The molecule has 3 aliphatic carbocycles. The van der Waals surface area contributed by atoms with Crippen molar-refractivity contribution in [1.82, 2.24) is 9.80 Å². The van der Waals surface area contributed by atoms with E-state index in [4.69, 9.17) is 10.5 Å². The third-order valence-electron chi connectivity index (χ3n) is 9.40. The number of methoxy groups -OCH3 is 1. The van der Waals surface area contributed by atoms with Crippen molar-refractivity contribution in [3.05, 3.63) is 45.4 Å². The molecule has 234 valence electrons. The van der Waals surface area contributed by atoms with Gasteiger partial charge >= 0.3 is 6.18 Å². The largest absolute Gasteiger partial charge is 0.510 e. The Morgan fingerprint density at radius 1 is 1.19 bits per heavy atom. The molecule has 43 heavy (non-hydrogen) atoms. The number of fused-ring (bicyclic) bond motifs is 3. The molecule has 1 fully saturated rings. The van der Waals surface area contributed by atoms with E-state index in [9.17, 15) is 48.0 Å². The number of alkyl halides is 3. The van der Waals surface area contributed by atoms with E-state index in [1.807, 2.05) is 4.90 Å². The van der Waals surface area contributed by atoms with Crippen LogP contribution in [-0.4, -0.2) is 99.8 Å². The summed E-state index contributed by atoms with van der Waals surface area (Å²) in [7, 11) is 4.45. The molecule has 1 aromatic rings. The molecule has 0 aromatic heterocycles. The first-order valence-corrected chi connectivity index (χ1v) is 13.9. The molecule has 0 bridgehead atoms. The number of phenols is 1. The second kappa shape index (κ2) is 10.5.